The molecule has 1 saturated heterocycles. The number of nitrogens with zero attached hydrogens (tertiary/aromatic N) is 1. The van der Waals surface area contributed by atoms with E-state index in [-0.39, 0.29) is 18.0 Å². The molecule has 1 heterocycles. The Morgan fingerprint density at radius 2 is 2.06 bits per heavy atom. The zero-order chi connectivity index (χ0) is 13.1. The van der Waals surface area contributed by atoms with E-state index in [1.807, 2.05) is 6.92 Å². The van der Waals surface area contributed by atoms with Crippen LogP contribution in [-0.4, -0.2) is 31.1 Å². The van der Waals surface area contributed by atoms with E-state index in [4.69, 9.17) is 5.73 Å². The summed E-state index contributed by atoms with van der Waals surface area (Å²) in [5.41, 5.74) is 7.94. The Labute approximate surface area is 108 Å². The monoisotopic (exact) mass is 247 g/mol. The number of piperazine rings is 1. The molecule has 18 heavy (non-hydrogen) atoms. The summed E-state index contributed by atoms with van der Waals surface area (Å²) in [7, 11) is 0. The Balaban J connectivity index is 2.25. The van der Waals surface area contributed by atoms with Crippen molar-refractivity contribution in [3.05, 3.63) is 29.8 Å². The summed E-state index contributed by atoms with van der Waals surface area (Å²) in [5, 5.41) is 2.99. The fourth-order valence-electron chi connectivity index (χ4n) is 2.41. The number of carbonyl (C=O) groups is 1. The van der Waals surface area contributed by atoms with Crippen LogP contribution in [0, 0.1) is 6.92 Å². The van der Waals surface area contributed by atoms with Crippen LogP contribution in [0.3, 0.4) is 0 Å². The van der Waals surface area contributed by atoms with Crippen LogP contribution in [0.25, 0.3) is 0 Å². The van der Waals surface area contributed by atoms with Gasteiger partial charge in [0.2, 0.25) is 5.91 Å². The van der Waals surface area contributed by atoms with Gasteiger partial charge >= 0.3 is 0 Å². The van der Waals surface area contributed by atoms with Crippen molar-refractivity contribution in [1.29, 1.82) is 0 Å². The maximum absolute atomic E-state index is 12.0. The lowest BCUT2D eigenvalue weighted by Gasteiger charge is -2.39. The lowest BCUT2D eigenvalue weighted by molar-refractivity contribution is -0.124. The van der Waals surface area contributed by atoms with Crippen LogP contribution in [0.4, 0.5) is 5.69 Å². The summed E-state index contributed by atoms with van der Waals surface area (Å²) >= 11 is 0. The predicted octanol–water partition coefficient (Wildman–Crippen LogP) is 1.04. The highest BCUT2D eigenvalue weighted by atomic mass is 16.2. The quantitative estimate of drug-likeness (QED) is 0.839. The Kier molecular flexibility index (Phi) is 3.87. The van der Waals surface area contributed by atoms with E-state index in [0.29, 0.717) is 13.0 Å². The van der Waals surface area contributed by atoms with E-state index in [1.54, 1.807) is 0 Å². The van der Waals surface area contributed by atoms with E-state index in [2.05, 4.69) is 41.4 Å². The molecule has 98 valence electrons. The van der Waals surface area contributed by atoms with Crippen LogP contribution in [-0.2, 0) is 4.79 Å². The van der Waals surface area contributed by atoms with Crippen LogP contribution in [0.1, 0.15) is 18.9 Å². The second-order valence-electron chi connectivity index (χ2n) is 4.99. The summed E-state index contributed by atoms with van der Waals surface area (Å²) in [6.45, 7) is 5.44. The molecule has 1 aromatic carbocycles. The molecule has 0 spiro atoms. The Hall–Kier alpha value is -1.55. The minimum atomic E-state index is -0.145. The van der Waals surface area contributed by atoms with Crippen LogP contribution < -0.4 is 16.0 Å². The van der Waals surface area contributed by atoms with Crippen molar-refractivity contribution in [3.8, 4) is 0 Å². The SMILES string of the molecule is Cc1ccc(N2CC(C)NC(=O)C2CCN)cc1. The molecular formula is C14H21N3O. The average Bonchev–Trinajstić information content (AvgIpc) is 2.33. The molecule has 0 bridgehead atoms. The number of nitrogens with one attached hydrogen (secondary N) is 1. The largest absolute Gasteiger partial charge is 0.357 e. The minimum absolute atomic E-state index is 0.0831. The van der Waals surface area contributed by atoms with Gasteiger partial charge in [0.1, 0.15) is 6.04 Å². The van der Waals surface area contributed by atoms with Gasteiger partial charge in [-0.15, -0.1) is 0 Å². The molecule has 1 amide bonds. The third-order valence-corrected chi connectivity index (χ3v) is 3.34. The topological polar surface area (TPSA) is 58.4 Å². The standard InChI is InChI=1S/C14H21N3O/c1-10-3-5-12(6-4-10)17-9-11(2)16-14(18)13(17)7-8-15/h3-6,11,13H,7-9,15H2,1-2H3,(H,16,18). The molecule has 0 aromatic heterocycles. The molecule has 0 radical (unpaired) electrons. The smallest absolute Gasteiger partial charge is 0.243 e. The van der Waals surface area contributed by atoms with E-state index >= 15 is 0 Å². The number of benzene rings is 1. The first-order valence-corrected chi connectivity index (χ1v) is 6.45. The minimum Gasteiger partial charge on any atom is -0.357 e. The summed E-state index contributed by atoms with van der Waals surface area (Å²) in [5.74, 6) is 0.0831. The van der Waals surface area contributed by atoms with Gasteiger partial charge in [-0.1, -0.05) is 17.7 Å². The summed E-state index contributed by atoms with van der Waals surface area (Å²) in [4.78, 5) is 14.2. The van der Waals surface area contributed by atoms with Gasteiger partial charge in [-0.25, -0.2) is 0 Å². The van der Waals surface area contributed by atoms with E-state index in [1.165, 1.54) is 5.56 Å². The summed E-state index contributed by atoms with van der Waals surface area (Å²) in [6, 6.07) is 8.33. The highest BCUT2D eigenvalue weighted by molar-refractivity contribution is 5.87. The fraction of sp³-hybridized carbons (Fsp3) is 0.500. The van der Waals surface area contributed by atoms with Crippen molar-refractivity contribution in [1.82, 2.24) is 5.32 Å². The molecule has 1 aliphatic heterocycles. The number of hydrogen-bond acceptors (Lipinski definition) is 3. The first-order chi connectivity index (χ1) is 8.61. The average molecular weight is 247 g/mol. The number of aryl methyl sites for hydroxylation is 1. The molecule has 1 aromatic rings. The lowest BCUT2D eigenvalue weighted by Crippen LogP contribution is -2.59. The van der Waals surface area contributed by atoms with Gasteiger partial charge in [-0.2, -0.15) is 0 Å². The van der Waals surface area contributed by atoms with Crippen molar-refractivity contribution < 1.29 is 4.79 Å². The van der Waals surface area contributed by atoms with Crippen molar-refractivity contribution in [2.75, 3.05) is 18.0 Å². The highest BCUT2D eigenvalue weighted by Gasteiger charge is 2.32. The van der Waals surface area contributed by atoms with Gasteiger partial charge < -0.3 is 16.0 Å². The Morgan fingerprint density at radius 1 is 1.39 bits per heavy atom. The zero-order valence-electron chi connectivity index (χ0n) is 11.0. The van der Waals surface area contributed by atoms with E-state index in [9.17, 15) is 4.79 Å². The van der Waals surface area contributed by atoms with Gasteiger partial charge in [0.15, 0.2) is 0 Å². The second kappa shape index (κ2) is 5.40. The molecule has 4 heteroatoms. The number of amides is 1. The molecule has 3 N–H and O–H groups in total. The van der Waals surface area contributed by atoms with Crippen LogP contribution in [0.15, 0.2) is 24.3 Å². The number of anilines is 1. The number of carbonyl (C=O) groups excluding carboxylic acids is 1. The predicted molar refractivity (Wildman–Crippen MR) is 73.6 cm³/mol. The maximum atomic E-state index is 12.0. The lowest BCUT2D eigenvalue weighted by atomic mass is 10.0. The molecule has 1 fully saturated rings. The van der Waals surface area contributed by atoms with Gasteiger partial charge in [0.05, 0.1) is 0 Å². The number of nitrogens with two attached hydrogens (primary N) is 1. The van der Waals surface area contributed by atoms with Crippen molar-refractivity contribution in [2.45, 2.75) is 32.4 Å². The highest BCUT2D eigenvalue weighted by Crippen LogP contribution is 2.22. The van der Waals surface area contributed by atoms with Crippen molar-refractivity contribution in [3.63, 3.8) is 0 Å². The van der Waals surface area contributed by atoms with Crippen LogP contribution in [0.5, 0.6) is 0 Å². The fourth-order valence-corrected chi connectivity index (χ4v) is 2.41. The van der Waals surface area contributed by atoms with Crippen LogP contribution >= 0.6 is 0 Å². The first kappa shape index (κ1) is 12.9. The zero-order valence-corrected chi connectivity index (χ0v) is 11.0. The van der Waals surface area contributed by atoms with Gasteiger partial charge in [-0.3, -0.25) is 4.79 Å². The molecule has 0 saturated carbocycles. The molecule has 2 rings (SSSR count). The molecular weight excluding hydrogens is 226 g/mol. The third kappa shape index (κ3) is 2.64. The molecule has 2 unspecified atom stereocenters. The normalized spacial score (nSPS) is 23.9. The van der Waals surface area contributed by atoms with Crippen molar-refractivity contribution in [2.24, 2.45) is 5.73 Å². The maximum Gasteiger partial charge on any atom is 0.243 e. The Morgan fingerprint density at radius 3 is 2.67 bits per heavy atom. The second-order valence-corrected chi connectivity index (χ2v) is 4.99. The molecule has 2 atom stereocenters. The van der Waals surface area contributed by atoms with Gasteiger partial charge in [0, 0.05) is 18.3 Å². The molecule has 4 nitrogen and oxygen atoms in total. The van der Waals surface area contributed by atoms with Gasteiger partial charge in [-0.05, 0) is 38.9 Å². The van der Waals surface area contributed by atoms with Crippen LogP contribution in [0.2, 0.25) is 0 Å². The van der Waals surface area contributed by atoms with Gasteiger partial charge in [0.25, 0.3) is 0 Å². The first-order valence-electron chi connectivity index (χ1n) is 6.45. The molecule has 1 aliphatic rings. The van der Waals surface area contributed by atoms with Crippen molar-refractivity contribution >= 4 is 11.6 Å². The summed E-state index contributed by atoms with van der Waals surface area (Å²) in [6.07, 6.45) is 0.687. The van der Waals surface area contributed by atoms with E-state index in [0.717, 1.165) is 12.2 Å². The summed E-state index contributed by atoms with van der Waals surface area (Å²) < 4.78 is 0. The third-order valence-electron chi connectivity index (χ3n) is 3.34. The number of hydrogen-bond donors (Lipinski definition) is 2. The molecule has 0 aliphatic carbocycles. The number of rotatable bonds is 3. The Bertz CT molecular complexity index is 416. The van der Waals surface area contributed by atoms with E-state index < -0.39 is 0 Å².